The van der Waals surface area contributed by atoms with Crippen molar-refractivity contribution in [2.75, 3.05) is 0 Å². The predicted molar refractivity (Wildman–Crippen MR) is 266 cm³/mol. The molecule has 0 unspecified atom stereocenters. The number of hydrogen-bond acceptors (Lipinski definition) is 3. The molecule has 7 aromatic carbocycles. The van der Waals surface area contributed by atoms with Crippen LogP contribution in [0.4, 0.5) is 0 Å². The molecule has 1 radical (unpaired) electrons. The molecule has 0 saturated carbocycles. The van der Waals surface area contributed by atoms with Crippen LogP contribution in [-0.4, -0.2) is 22.6 Å². The third kappa shape index (κ3) is 8.69. The second-order valence-corrected chi connectivity index (χ2v) is 23.9. The SMILES string of the molecule is CC(C)Cc1cc(-c2[c-]cccc2)ncc1[Si](C)(C)C.CC(C)c1cccc(C(C)C)c1-n1c(-c2[c-]cc3oc4cc5cc6ccccc6cc5cc4c3c2)nc2ccccc21.[Ir]. The van der Waals surface area contributed by atoms with Gasteiger partial charge in [0.05, 0.1) is 30.5 Å². The molecular formula is C57H55IrN3OSi-2. The first-order valence-corrected chi connectivity index (χ1v) is 25.6. The van der Waals surface area contributed by atoms with Gasteiger partial charge in [-0.3, -0.25) is 4.98 Å². The summed E-state index contributed by atoms with van der Waals surface area (Å²) in [5.74, 6) is 2.29. The second-order valence-electron chi connectivity index (χ2n) is 18.8. The number of aromatic nitrogens is 3. The predicted octanol–water partition coefficient (Wildman–Crippen LogP) is 15.2. The summed E-state index contributed by atoms with van der Waals surface area (Å²) in [6, 6.07) is 54.0. The standard InChI is InChI=1S/C39H31N2O.C18H24NSi.Ir/c1-23(2)30-12-9-13-31(24(3)4)38(30)41-35-15-8-7-14-34(35)40-39(41)27-16-17-36-32(20-27)33-21-28-18-25-10-5-6-11-26(25)19-29(28)22-37(33)42-36;1-14(2)11-16-12-17(15-9-7-6-8-10-15)19-13-18(16)20(3,4)5;/h5-15,17-24H,1-4H3;6-9,12-14H,11H2,1-5H3;/q2*-1;. The van der Waals surface area contributed by atoms with Gasteiger partial charge in [0.25, 0.3) is 0 Å². The van der Waals surface area contributed by atoms with Crippen LogP contribution in [0.25, 0.3) is 82.8 Å². The van der Waals surface area contributed by atoms with Crippen LogP contribution in [0.1, 0.15) is 70.1 Å². The van der Waals surface area contributed by atoms with Crippen molar-refractivity contribution in [3.05, 3.63) is 168 Å². The minimum atomic E-state index is -1.34. The van der Waals surface area contributed by atoms with Gasteiger partial charge in [0, 0.05) is 37.4 Å². The van der Waals surface area contributed by atoms with Crippen molar-refractivity contribution < 1.29 is 24.5 Å². The molecule has 0 aliphatic heterocycles. The molecule has 10 rings (SSSR count). The van der Waals surface area contributed by atoms with E-state index in [0.29, 0.717) is 17.8 Å². The summed E-state index contributed by atoms with van der Waals surface area (Å²) < 4.78 is 8.74. The Bertz CT molecular complexity index is 3220. The van der Waals surface area contributed by atoms with Crippen molar-refractivity contribution in [3.8, 4) is 28.3 Å². The van der Waals surface area contributed by atoms with Crippen LogP contribution in [0.3, 0.4) is 0 Å². The van der Waals surface area contributed by atoms with Gasteiger partial charge in [-0.2, -0.15) is 0 Å². The average molecular weight is 1020 g/mol. The molecule has 0 N–H and O–H groups in total. The van der Waals surface area contributed by atoms with Gasteiger partial charge in [-0.05, 0) is 104 Å². The zero-order valence-electron chi connectivity index (χ0n) is 37.8. The summed E-state index contributed by atoms with van der Waals surface area (Å²) >= 11 is 0. The molecule has 0 bridgehead atoms. The maximum atomic E-state index is 6.38. The maximum Gasteiger partial charge on any atom is 0.121 e. The van der Waals surface area contributed by atoms with Gasteiger partial charge >= 0.3 is 0 Å². The fourth-order valence-electron chi connectivity index (χ4n) is 8.97. The van der Waals surface area contributed by atoms with Gasteiger partial charge in [-0.25, -0.2) is 0 Å². The van der Waals surface area contributed by atoms with Crippen molar-refractivity contribution in [2.45, 2.75) is 79.4 Å². The Kier molecular flexibility index (Phi) is 12.5. The fourth-order valence-corrected chi connectivity index (χ4v) is 10.6. The van der Waals surface area contributed by atoms with E-state index in [1.54, 1.807) is 0 Å². The molecule has 0 aliphatic carbocycles. The largest absolute Gasteiger partial charge is 0.500 e. The number of fused-ring (bicyclic) bond motifs is 6. The zero-order valence-corrected chi connectivity index (χ0v) is 41.2. The summed E-state index contributed by atoms with van der Waals surface area (Å²) in [6.07, 6.45) is 3.24. The number of imidazole rings is 1. The molecule has 0 spiro atoms. The van der Waals surface area contributed by atoms with Gasteiger partial charge < -0.3 is 14.0 Å². The number of benzene rings is 7. The van der Waals surface area contributed by atoms with Gasteiger partial charge in [0.1, 0.15) is 5.58 Å². The average Bonchev–Trinajstić information content (AvgIpc) is 3.82. The second kappa shape index (κ2) is 17.8. The van der Waals surface area contributed by atoms with Crippen LogP contribution in [0, 0.1) is 18.1 Å². The summed E-state index contributed by atoms with van der Waals surface area (Å²) in [5, 5.41) is 8.54. The normalized spacial score (nSPS) is 11.9. The first-order chi connectivity index (χ1) is 29.8. The van der Waals surface area contributed by atoms with Crippen LogP contribution in [0.5, 0.6) is 0 Å². The Labute approximate surface area is 386 Å². The number of furan rings is 1. The topological polar surface area (TPSA) is 43.9 Å². The monoisotopic (exact) mass is 1020 g/mol. The summed E-state index contributed by atoms with van der Waals surface area (Å²) in [4.78, 5) is 9.90. The van der Waals surface area contributed by atoms with E-state index in [1.807, 2.05) is 24.3 Å². The molecule has 0 fully saturated rings. The van der Waals surface area contributed by atoms with Crippen molar-refractivity contribution in [3.63, 3.8) is 0 Å². The smallest absolute Gasteiger partial charge is 0.121 e. The third-order valence-electron chi connectivity index (χ3n) is 12.0. The van der Waals surface area contributed by atoms with E-state index in [4.69, 9.17) is 9.40 Å². The molecule has 63 heavy (non-hydrogen) atoms. The molecule has 0 aliphatic rings. The Morgan fingerprint density at radius 3 is 1.94 bits per heavy atom. The molecule has 319 valence electrons. The fraction of sp³-hybridized carbons (Fsp3) is 0.228. The molecule has 0 saturated heterocycles. The quantitative estimate of drug-likeness (QED) is 0.0865. The van der Waals surface area contributed by atoms with Gasteiger partial charge in [0.2, 0.25) is 0 Å². The minimum Gasteiger partial charge on any atom is -0.500 e. The van der Waals surface area contributed by atoms with E-state index in [9.17, 15) is 0 Å². The van der Waals surface area contributed by atoms with Gasteiger partial charge in [-0.1, -0.05) is 133 Å². The van der Waals surface area contributed by atoms with Crippen LogP contribution in [-0.2, 0) is 26.5 Å². The Morgan fingerprint density at radius 1 is 0.635 bits per heavy atom. The molecular weight excluding hydrogens is 963 g/mol. The number of hydrogen-bond donors (Lipinski definition) is 0. The zero-order chi connectivity index (χ0) is 43.3. The van der Waals surface area contributed by atoms with Gasteiger partial charge in [-0.15, -0.1) is 59.7 Å². The molecule has 3 heterocycles. The van der Waals surface area contributed by atoms with E-state index in [-0.39, 0.29) is 20.1 Å². The summed E-state index contributed by atoms with van der Waals surface area (Å²) in [6.45, 7) is 20.8. The number of para-hydroxylation sites is 3. The molecule has 4 nitrogen and oxygen atoms in total. The van der Waals surface area contributed by atoms with Crippen LogP contribution >= 0.6 is 0 Å². The van der Waals surface area contributed by atoms with Crippen LogP contribution < -0.4 is 5.19 Å². The first-order valence-electron chi connectivity index (χ1n) is 22.1. The molecule has 3 aromatic heterocycles. The van der Waals surface area contributed by atoms with Crippen molar-refractivity contribution in [1.29, 1.82) is 0 Å². The first kappa shape index (κ1) is 44.0. The molecule has 6 heteroatoms. The number of nitrogens with zero attached hydrogens (tertiary/aromatic N) is 3. The Morgan fingerprint density at radius 2 is 1.29 bits per heavy atom. The van der Waals surface area contributed by atoms with Crippen LogP contribution in [0.15, 0.2) is 144 Å². The van der Waals surface area contributed by atoms with Gasteiger partial charge in [0.15, 0.2) is 0 Å². The number of pyridine rings is 1. The van der Waals surface area contributed by atoms with E-state index in [2.05, 4.69) is 198 Å². The molecule has 10 aromatic rings. The Balaban J connectivity index is 0.000000219. The maximum absolute atomic E-state index is 6.38. The van der Waals surface area contributed by atoms with Crippen molar-refractivity contribution >= 4 is 67.8 Å². The summed E-state index contributed by atoms with van der Waals surface area (Å²) in [7, 11) is -1.34. The van der Waals surface area contributed by atoms with E-state index >= 15 is 0 Å². The molecule has 0 amide bonds. The van der Waals surface area contributed by atoms with E-state index in [0.717, 1.165) is 62.0 Å². The van der Waals surface area contributed by atoms with E-state index in [1.165, 1.54) is 49.1 Å². The van der Waals surface area contributed by atoms with Crippen molar-refractivity contribution in [2.24, 2.45) is 5.92 Å². The van der Waals surface area contributed by atoms with E-state index < -0.39 is 8.07 Å². The third-order valence-corrected chi connectivity index (χ3v) is 14.1. The molecule has 0 atom stereocenters. The van der Waals surface area contributed by atoms with Crippen molar-refractivity contribution in [1.82, 2.24) is 14.5 Å². The summed E-state index contributed by atoms with van der Waals surface area (Å²) in [5.41, 5.74) is 12.2. The minimum absolute atomic E-state index is 0. The Hall–Kier alpha value is -5.65. The number of rotatable bonds is 8. The van der Waals surface area contributed by atoms with Crippen LogP contribution in [0.2, 0.25) is 19.6 Å².